The molecule has 11 heteroatoms. The van der Waals surface area contributed by atoms with Crippen molar-refractivity contribution in [3.05, 3.63) is 0 Å². The van der Waals surface area contributed by atoms with E-state index in [4.69, 9.17) is 18.9 Å². The average molecular weight is 336 g/mol. The highest BCUT2D eigenvalue weighted by atomic mass is 32.2. The van der Waals surface area contributed by atoms with E-state index in [2.05, 4.69) is 4.18 Å². The smallest absolute Gasteiger partial charge is 0.353 e. The van der Waals surface area contributed by atoms with E-state index in [0.29, 0.717) is 0 Å². The maximum atomic E-state index is 12.2. The summed E-state index contributed by atoms with van der Waals surface area (Å²) in [6.07, 6.45) is -3.39. The third-order valence-corrected chi connectivity index (χ3v) is 4.02. The predicted octanol–water partition coefficient (Wildman–Crippen LogP) is 0.744. The second-order valence-electron chi connectivity index (χ2n) is 5.03. The van der Waals surface area contributed by atoms with E-state index in [9.17, 15) is 21.6 Å². The zero-order valence-electron chi connectivity index (χ0n) is 11.4. The van der Waals surface area contributed by atoms with Crippen LogP contribution in [0.15, 0.2) is 0 Å². The van der Waals surface area contributed by atoms with Crippen molar-refractivity contribution in [1.82, 2.24) is 0 Å². The highest BCUT2D eigenvalue weighted by molar-refractivity contribution is 7.87. The molecule has 7 nitrogen and oxygen atoms in total. The highest BCUT2D eigenvalue weighted by Gasteiger charge is 2.56. The lowest BCUT2D eigenvalue weighted by Gasteiger charge is -2.23. The molecule has 0 aromatic carbocycles. The summed E-state index contributed by atoms with van der Waals surface area (Å²) < 4.78 is 83.6. The third-order valence-electron chi connectivity index (χ3n) is 3.01. The second kappa shape index (κ2) is 5.32. The van der Waals surface area contributed by atoms with Gasteiger partial charge in [0.2, 0.25) is 0 Å². The number of hydrogen-bond donors (Lipinski definition) is 0. The van der Waals surface area contributed by atoms with Crippen LogP contribution in [0.1, 0.15) is 13.8 Å². The van der Waals surface area contributed by atoms with Crippen molar-refractivity contribution in [3.8, 4) is 0 Å². The van der Waals surface area contributed by atoms with E-state index in [-0.39, 0.29) is 0 Å². The SMILES string of the molecule is CO[C@@H]1O[C@H](COS(=O)(=O)C(F)(F)F)[C@H]2OC(C)(C)O[C@@H]12. The quantitative estimate of drug-likeness (QED) is 0.553. The van der Waals surface area contributed by atoms with Crippen LogP contribution in [0.2, 0.25) is 0 Å². The molecule has 0 aliphatic carbocycles. The molecule has 2 aliphatic heterocycles. The Hall–Kier alpha value is -0.460. The molecule has 0 aromatic heterocycles. The highest BCUT2D eigenvalue weighted by Crippen LogP contribution is 2.39. The fraction of sp³-hybridized carbons (Fsp3) is 1.00. The normalized spacial score (nSPS) is 35.9. The van der Waals surface area contributed by atoms with Gasteiger partial charge in [0.15, 0.2) is 12.1 Å². The first kappa shape index (κ1) is 16.9. The van der Waals surface area contributed by atoms with Gasteiger partial charge >= 0.3 is 15.6 Å². The van der Waals surface area contributed by atoms with Gasteiger partial charge in [-0.3, -0.25) is 4.18 Å². The summed E-state index contributed by atoms with van der Waals surface area (Å²) in [6.45, 7) is 2.38. The van der Waals surface area contributed by atoms with Gasteiger partial charge in [-0.15, -0.1) is 0 Å². The van der Waals surface area contributed by atoms with Crippen molar-refractivity contribution in [1.29, 1.82) is 0 Å². The van der Waals surface area contributed by atoms with Gasteiger partial charge < -0.3 is 18.9 Å². The molecule has 0 saturated carbocycles. The summed E-state index contributed by atoms with van der Waals surface area (Å²) in [6, 6.07) is 0. The standard InChI is InChI=1S/C10H15F3O7S/c1-9(2)19-6-5(18-8(16-3)7(6)20-9)4-17-21(14,15)10(11,12)13/h5-8H,4H2,1-3H3/t5-,6-,7-,8-/m1/s1. The minimum Gasteiger partial charge on any atom is -0.353 e. The number of alkyl halides is 3. The fourth-order valence-electron chi connectivity index (χ4n) is 2.19. The van der Waals surface area contributed by atoms with E-state index in [0.717, 1.165) is 0 Å². The second-order valence-corrected chi connectivity index (χ2v) is 6.63. The molecule has 4 atom stereocenters. The molecule has 2 saturated heterocycles. The summed E-state index contributed by atoms with van der Waals surface area (Å²) in [5.41, 5.74) is -5.49. The Kier molecular flexibility index (Phi) is 4.28. The molecule has 0 bridgehead atoms. The van der Waals surface area contributed by atoms with Crippen molar-refractivity contribution < 1.29 is 44.7 Å². The van der Waals surface area contributed by atoms with Gasteiger partial charge in [-0.1, -0.05) is 0 Å². The first-order valence-electron chi connectivity index (χ1n) is 5.96. The Labute approximate surface area is 119 Å². The fourth-order valence-corrected chi connectivity index (χ4v) is 2.64. The Morgan fingerprint density at radius 1 is 1.19 bits per heavy atom. The van der Waals surface area contributed by atoms with Crippen LogP contribution < -0.4 is 0 Å². The molecule has 21 heavy (non-hydrogen) atoms. The molecule has 2 rings (SSSR count). The van der Waals surface area contributed by atoms with Crippen LogP contribution in [0.4, 0.5) is 13.2 Å². The van der Waals surface area contributed by atoms with Gasteiger partial charge in [-0.25, -0.2) is 0 Å². The molecule has 0 amide bonds. The molecular weight excluding hydrogens is 321 g/mol. The maximum Gasteiger partial charge on any atom is 0.523 e. The summed E-state index contributed by atoms with van der Waals surface area (Å²) in [4.78, 5) is 0. The maximum absolute atomic E-state index is 12.2. The van der Waals surface area contributed by atoms with E-state index in [1.165, 1.54) is 7.11 Å². The van der Waals surface area contributed by atoms with Crippen molar-refractivity contribution >= 4 is 10.1 Å². The van der Waals surface area contributed by atoms with Gasteiger partial charge in [0.05, 0.1) is 6.61 Å². The number of fused-ring (bicyclic) bond motifs is 1. The number of methoxy groups -OCH3 is 1. The van der Waals surface area contributed by atoms with Gasteiger partial charge in [0, 0.05) is 7.11 Å². The largest absolute Gasteiger partial charge is 0.523 e. The van der Waals surface area contributed by atoms with Crippen LogP contribution in [0.25, 0.3) is 0 Å². The van der Waals surface area contributed by atoms with E-state index in [1.54, 1.807) is 13.8 Å². The number of rotatable bonds is 4. The first-order chi connectivity index (χ1) is 9.47. The van der Waals surface area contributed by atoms with Crippen LogP contribution in [-0.2, 0) is 33.2 Å². The lowest BCUT2D eigenvalue weighted by atomic mass is 10.1. The lowest BCUT2D eigenvalue weighted by Crippen LogP contribution is -2.36. The topological polar surface area (TPSA) is 80.3 Å². The van der Waals surface area contributed by atoms with E-state index in [1.807, 2.05) is 0 Å². The van der Waals surface area contributed by atoms with Crippen LogP contribution in [0.3, 0.4) is 0 Å². The third kappa shape index (κ3) is 3.32. The summed E-state index contributed by atoms with van der Waals surface area (Å²) >= 11 is 0. The molecule has 0 aromatic rings. The van der Waals surface area contributed by atoms with Crippen molar-refractivity contribution in [2.75, 3.05) is 13.7 Å². The molecule has 2 aliphatic rings. The Morgan fingerprint density at radius 2 is 1.76 bits per heavy atom. The zero-order valence-corrected chi connectivity index (χ0v) is 12.2. The summed E-state index contributed by atoms with van der Waals surface area (Å²) in [5.74, 6) is -0.975. The molecule has 0 radical (unpaired) electrons. The number of halogens is 3. The van der Waals surface area contributed by atoms with Crippen LogP contribution in [0, 0.1) is 0 Å². The number of hydrogen-bond acceptors (Lipinski definition) is 7. The predicted molar refractivity (Wildman–Crippen MR) is 60.4 cm³/mol. The minimum absolute atomic E-state index is 0.674. The molecule has 2 heterocycles. The summed E-state index contributed by atoms with van der Waals surface area (Å²) in [5, 5.41) is 0. The minimum atomic E-state index is -5.68. The van der Waals surface area contributed by atoms with Crippen LogP contribution in [0.5, 0.6) is 0 Å². The van der Waals surface area contributed by atoms with Gasteiger partial charge in [0.1, 0.15) is 18.3 Å². The molecule has 2 fully saturated rings. The van der Waals surface area contributed by atoms with Crippen LogP contribution >= 0.6 is 0 Å². The Bertz CT molecular complexity index is 489. The molecule has 0 spiro atoms. The van der Waals surface area contributed by atoms with E-state index < -0.39 is 52.6 Å². The summed E-state index contributed by atoms with van der Waals surface area (Å²) in [7, 11) is -4.36. The van der Waals surface area contributed by atoms with Crippen molar-refractivity contribution in [3.63, 3.8) is 0 Å². The van der Waals surface area contributed by atoms with Crippen molar-refractivity contribution in [2.24, 2.45) is 0 Å². The van der Waals surface area contributed by atoms with Gasteiger partial charge in [-0.05, 0) is 13.8 Å². The van der Waals surface area contributed by atoms with Crippen molar-refractivity contribution in [2.45, 2.75) is 49.7 Å². The lowest BCUT2D eigenvalue weighted by molar-refractivity contribution is -0.229. The average Bonchev–Trinajstić information content (AvgIpc) is 2.78. The van der Waals surface area contributed by atoms with Crippen LogP contribution in [-0.4, -0.2) is 58.0 Å². The Morgan fingerprint density at radius 3 is 2.29 bits per heavy atom. The first-order valence-corrected chi connectivity index (χ1v) is 7.37. The molecular formula is C10H15F3O7S. The van der Waals surface area contributed by atoms with E-state index >= 15 is 0 Å². The molecule has 124 valence electrons. The van der Waals surface area contributed by atoms with Gasteiger partial charge in [-0.2, -0.15) is 21.6 Å². The monoisotopic (exact) mass is 336 g/mol. The molecule has 0 N–H and O–H groups in total. The molecule has 0 unspecified atom stereocenters. The Balaban J connectivity index is 2.05. The zero-order chi connectivity index (χ0) is 16.1. The number of ether oxygens (including phenoxy) is 4. The van der Waals surface area contributed by atoms with Gasteiger partial charge in [0.25, 0.3) is 0 Å².